The third-order valence-corrected chi connectivity index (χ3v) is 7.22. The van der Waals surface area contributed by atoms with E-state index in [0.29, 0.717) is 13.0 Å². The molecule has 0 fully saturated rings. The smallest absolute Gasteiger partial charge is 0.311 e. The number of nitrogens with zero attached hydrogens (tertiary/aromatic N) is 3. The van der Waals surface area contributed by atoms with Gasteiger partial charge in [-0.25, -0.2) is 4.98 Å². The van der Waals surface area contributed by atoms with Gasteiger partial charge in [0.05, 0.1) is 22.4 Å². The fourth-order valence-corrected chi connectivity index (χ4v) is 5.16. The van der Waals surface area contributed by atoms with Crippen LogP contribution < -0.4 is 5.32 Å². The summed E-state index contributed by atoms with van der Waals surface area (Å²) in [5, 5.41) is 25.2. The number of nitro benzene ring substituents is 1. The Labute approximate surface area is 240 Å². The number of unbranched alkanes of at least 4 members (excludes halogenated alkanes) is 1. The number of aromatic hydroxyl groups is 1. The summed E-state index contributed by atoms with van der Waals surface area (Å²) >= 11 is 0. The first-order chi connectivity index (χ1) is 20.0. The average molecular weight is 547 g/mol. The molecule has 4 aromatic carbocycles. The Bertz CT molecular complexity index is 1590. The van der Waals surface area contributed by atoms with Gasteiger partial charge < -0.3 is 15.0 Å². The van der Waals surface area contributed by atoms with Crippen LogP contribution in [0.15, 0.2) is 109 Å². The van der Waals surface area contributed by atoms with Crippen LogP contribution in [-0.4, -0.2) is 19.6 Å². The van der Waals surface area contributed by atoms with E-state index in [1.807, 2.05) is 54.6 Å². The Hall–Kier alpha value is -4.75. The quantitative estimate of drug-likeness (QED) is 0.124. The molecule has 0 saturated carbocycles. The highest BCUT2D eigenvalue weighted by Crippen LogP contribution is 2.35. The second kappa shape index (κ2) is 13.1. The van der Waals surface area contributed by atoms with Crippen molar-refractivity contribution in [3.8, 4) is 28.4 Å². The highest BCUT2D eigenvalue weighted by molar-refractivity contribution is 5.69. The van der Waals surface area contributed by atoms with E-state index in [0.717, 1.165) is 53.3 Å². The molecule has 2 N–H and O–H groups in total. The molecule has 0 saturated heterocycles. The minimum Gasteiger partial charge on any atom is -0.502 e. The zero-order chi connectivity index (χ0) is 28.6. The van der Waals surface area contributed by atoms with E-state index < -0.39 is 4.92 Å². The summed E-state index contributed by atoms with van der Waals surface area (Å²) < 4.78 is 2.35. The Morgan fingerprint density at radius 2 is 1.51 bits per heavy atom. The number of phenols is 1. The van der Waals surface area contributed by atoms with Crippen molar-refractivity contribution in [2.75, 3.05) is 0 Å². The van der Waals surface area contributed by atoms with Crippen molar-refractivity contribution < 1.29 is 10.0 Å². The number of benzene rings is 4. The van der Waals surface area contributed by atoms with Crippen LogP contribution in [0, 0.1) is 10.1 Å². The second-order valence-electron chi connectivity index (χ2n) is 10.1. The van der Waals surface area contributed by atoms with Crippen LogP contribution in [0.3, 0.4) is 0 Å². The number of imidazole rings is 1. The van der Waals surface area contributed by atoms with E-state index in [1.54, 1.807) is 6.07 Å². The van der Waals surface area contributed by atoms with E-state index in [2.05, 4.69) is 53.2 Å². The largest absolute Gasteiger partial charge is 0.502 e. The maximum Gasteiger partial charge on any atom is 0.311 e. The van der Waals surface area contributed by atoms with Gasteiger partial charge in [0.2, 0.25) is 0 Å². The molecule has 1 unspecified atom stereocenters. The minimum atomic E-state index is -0.556. The standard InChI is InChI=1S/C34H34N4O3/c1-2-3-21-37-33(32(27-15-9-5-10-16-27)36-34(37)28-17-11-6-12-18-28)29(22-25-13-7-4-8-14-25)35-24-26-19-20-31(39)30(23-26)38(40)41/h4-20,23,29,35,39H,2-3,21-22,24H2,1H3. The first kappa shape index (κ1) is 27.8. The van der Waals surface area contributed by atoms with Gasteiger partial charge in [-0.2, -0.15) is 0 Å². The zero-order valence-electron chi connectivity index (χ0n) is 23.1. The van der Waals surface area contributed by atoms with Gasteiger partial charge in [-0.15, -0.1) is 0 Å². The van der Waals surface area contributed by atoms with Crippen LogP contribution in [0.25, 0.3) is 22.6 Å². The molecule has 41 heavy (non-hydrogen) atoms. The molecule has 208 valence electrons. The molecule has 0 aliphatic heterocycles. The molecule has 1 heterocycles. The maximum atomic E-state index is 11.5. The lowest BCUT2D eigenvalue weighted by atomic mass is 9.98. The number of rotatable bonds is 12. The lowest BCUT2D eigenvalue weighted by Crippen LogP contribution is -2.26. The lowest BCUT2D eigenvalue weighted by Gasteiger charge is -2.23. The number of phenolic OH excluding ortho intramolecular Hbond substituents is 1. The van der Waals surface area contributed by atoms with Gasteiger partial charge in [0.1, 0.15) is 5.82 Å². The number of aromatic nitrogens is 2. The number of nitrogens with one attached hydrogen (secondary N) is 1. The molecule has 5 aromatic rings. The van der Waals surface area contributed by atoms with E-state index in [1.165, 1.54) is 17.7 Å². The molecular formula is C34H34N4O3. The summed E-state index contributed by atoms with van der Waals surface area (Å²) in [4.78, 5) is 16.2. The van der Waals surface area contributed by atoms with Crippen molar-refractivity contribution in [1.82, 2.24) is 14.9 Å². The summed E-state index contributed by atoms with van der Waals surface area (Å²) in [6, 6.07) is 35.2. The number of nitro groups is 1. The van der Waals surface area contributed by atoms with Crippen molar-refractivity contribution in [3.05, 3.63) is 136 Å². The molecule has 1 aromatic heterocycles. The maximum absolute atomic E-state index is 11.5. The third-order valence-electron chi connectivity index (χ3n) is 7.22. The van der Waals surface area contributed by atoms with Gasteiger partial charge in [0.15, 0.2) is 5.75 Å². The van der Waals surface area contributed by atoms with Gasteiger partial charge >= 0.3 is 5.69 Å². The first-order valence-corrected chi connectivity index (χ1v) is 14.0. The van der Waals surface area contributed by atoms with Crippen molar-refractivity contribution in [2.24, 2.45) is 0 Å². The lowest BCUT2D eigenvalue weighted by molar-refractivity contribution is -0.385. The predicted molar refractivity (Wildman–Crippen MR) is 162 cm³/mol. The highest BCUT2D eigenvalue weighted by Gasteiger charge is 2.26. The summed E-state index contributed by atoms with van der Waals surface area (Å²) in [7, 11) is 0. The molecule has 0 amide bonds. The Balaban J connectivity index is 1.65. The molecule has 7 nitrogen and oxygen atoms in total. The fourth-order valence-electron chi connectivity index (χ4n) is 5.16. The van der Waals surface area contributed by atoms with Crippen LogP contribution in [0.4, 0.5) is 5.69 Å². The molecule has 0 aliphatic carbocycles. The average Bonchev–Trinajstić information content (AvgIpc) is 3.39. The van der Waals surface area contributed by atoms with Crippen LogP contribution in [0.5, 0.6) is 5.75 Å². The van der Waals surface area contributed by atoms with Crippen molar-refractivity contribution in [1.29, 1.82) is 0 Å². The SMILES string of the molecule is CCCCn1c(-c2ccccc2)nc(-c2ccccc2)c1C(Cc1ccccc1)NCc1ccc(O)c([N+](=O)[O-])c1. The van der Waals surface area contributed by atoms with Gasteiger partial charge in [-0.3, -0.25) is 10.1 Å². The van der Waals surface area contributed by atoms with Crippen LogP contribution in [0.2, 0.25) is 0 Å². The minimum absolute atomic E-state index is 0.151. The molecule has 0 aliphatic rings. The Kier molecular flexibility index (Phi) is 8.86. The summed E-state index contributed by atoms with van der Waals surface area (Å²) in [5.41, 5.74) is 5.69. The van der Waals surface area contributed by atoms with Gasteiger partial charge in [0.25, 0.3) is 0 Å². The monoisotopic (exact) mass is 546 g/mol. The zero-order valence-corrected chi connectivity index (χ0v) is 23.1. The molecule has 5 rings (SSSR count). The molecule has 1 atom stereocenters. The van der Waals surface area contributed by atoms with E-state index in [-0.39, 0.29) is 17.5 Å². The van der Waals surface area contributed by atoms with Gasteiger partial charge in [-0.05, 0) is 30.0 Å². The summed E-state index contributed by atoms with van der Waals surface area (Å²) in [6.45, 7) is 3.38. The molecule has 0 spiro atoms. The number of hydrogen-bond acceptors (Lipinski definition) is 5. The van der Waals surface area contributed by atoms with E-state index in [9.17, 15) is 15.2 Å². The van der Waals surface area contributed by atoms with Gasteiger partial charge in [-0.1, -0.05) is 110 Å². The molecular weight excluding hydrogens is 512 g/mol. The van der Waals surface area contributed by atoms with Crippen LogP contribution >= 0.6 is 0 Å². The first-order valence-electron chi connectivity index (χ1n) is 14.0. The van der Waals surface area contributed by atoms with Gasteiger partial charge in [0, 0.05) is 30.3 Å². The Morgan fingerprint density at radius 1 is 0.878 bits per heavy atom. The van der Waals surface area contributed by atoms with Crippen LogP contribution in [0.1, 0.15) is 42.6 Å². The van der Waals surface area contributed by atoms with E-state index >= 15 is 0 Å². The normalized spacial score (nSPS) is 11.8. The number of hydrogen-bond donors (Lipinski definition) is 2. The Morgan fingerprint density at radius 3 is 2.15 bits per heavy atom. The van der Waals surface area contributed by atoms with E-state index in [4.69, 9.17) is 4.98 Å². The predicted octanol–water partition coefficient (Wildman–Crippen LogP) is 7.70. The third kappa shape index (κ3) is 6.53. The fraction of sp³-hybridized carbons (Fsp3) is 0.206. The van der Waals surface area contributed by atoms with Crippen LogP contribution in [-0.2, 0) is 19.5 Å². The molecule has 0 bridgehead atoms. The molecule has 7 heteroatoms. The second-order valence-corrected chi connectivity index (χ2v) is 10.1. The summed E-state index contributed by atoms with van der Waals surface area (Å²) in [6.07, 6.45) is 2.74. The van der Waals surface area contributed by atoms with Crippen molar-refractivity contribution >= 4 is 5.69 Å². The summed E-state index contributed by atoms with van der Waals surface area (Å²) in [5.74, 6) is 0.587. The van der Waals surface area contributed by atoms with Crippen molar-refractivity contribution in [2.45, 2.75) is 45.3 Å². The van der Waals surface area contributed by atoms with Crippen molar-refractivity contribution in [3.63, 3.8) is 0 Å². The molecule has 0 radical (unpaired) electrons. The topological polar surface area (TPSA) is 93.2 Å². The highest BCUT2D eigenvalue weighted by atomic mass is 16.6.